The van der Waals surface area contributed by atoms with Crippen LogP contribution in [0, 0.1) is 0 Å². The smallest absolute Gasteiger partial charge is 0.229 e. The van der Waals surface area contributed by atoms with Crippen molar-refractivity contribution >= 4 is 22.7 Å². The Hall–Kier alpha value is -3.45. The molecule has 1 atom stereocenters. The van der Waals surface area contributed by atoms with Gasteiger partial charge in [0.25, 0.3) is 0 Å². The number of anilines is 2. The summed E-state index contributed by atoms with van der Waals surface area (Å²) < 4.78 is 1.83. The van der Waals surface area contributed by atoms with Crippen LogP contribution in [0.2, 0.25) is 0 Å². The summed E-state index contributed by atoms with van der Waals surface area (Å²) in [6.45, 7) is 6.47. The molecular weight excluding hydrogens is 340 g/mol. The van der Waals surface area contributed by atoms with Gasteiger partial charge in [-0.05, 0) is 24.6 Å². The summed E-state index contributed by atoms with van der Waals surface area (Å²) in [4.78, 5) is 12.4. The van der Waals surface area contributed by atoms with Crippen LogP contribution in [0.4, 0.5) is 11.6 Å². The van der Waals surface area contributed by atoms with Crippen molar-refractivity contribution in [1.82, 2.24) is 24.7 Å². The lowest BCUT2D eigenvalue weighted by molar-refractivity contribution is 0.229. The van der Waals surface area contributed by atoms with E-state index in [0.29, 0.717) is 5.95 Å². The lowest BCUT2D eigenvalue weighted by Gasteiger charge is -2.10. The molecule has 3 aromatic heterocycles. The highest BCUT2D eigenvalue weighted by molar-refractivity contribution is 5.91. The number of benzene rings is 1. The molecule has 0 aliphatic heterocycles. The SMILES string of the molecule is C=CC(O)c1cccc(-c2nc(Nc3cnn(CC)c3)nc3[nH]ccc23)c1. The van der Waals surface area contributed by atoms with Gasteiger partial charge in [0.2, 0.25) is 5.95 Å². The molecule has 1 aromatic carbocycles. The Morgan fingerprint density at radius 1 is 1.33 bits per heavy atom. The van der Waals surface area contributed by atoms with Gasteiger partial charge in [0.05, 0.1) is 23.7 Å². The first-order valence-corrected chi connectivity index (χ1v) is 8.73. The monoisotopic (exact) mass is 360 g/mol. The predicted octanol–water partition coefficient (Wildman–Crippen LogP) is 3.80. The summed E-state index contributed by atoms with van der Waals surface area (Å²) in [7, 11) is 0. The summed E-state index contributed by atoms with van der Waals surface area (Å²) in [5.74, 6) is 0.477. The molecule has 0 spiro atoms. The number of nitrogens with zero attached hydrogens (tertiary/aromatic N) is 4. The van der Waals surface area contributed by atoms with E-state index in [9.17, 15) is 5.11 Å². The van der Waals surface area contributed by atoms with Gasteiger partial charge in [0.15, 0.2) is 0 Å². The number of nitrogens with one attached hydrogen (secondary N) is 2. The van der Waals surface area contributed by atoms with Crippen LogP contribution in [-0.2, 0) is 6.54 Å². The van der Waals surface area contributed by atoms with Gasteiger partial charge in [0.1, 0.15) is 5.65 Å². The van der Waals surface area contributed by atoms with E-state index in [2.05, 4.69) is 27.0 Å². The van der Waals surface area contributed by atoms with Crippen LogP contribution in [0.5, 0.6) is 0 Å². The van der Waals surface area contributed by atoms with Gasteiger partial charge < -0.3 is 15.4 Å². The van der Waals surface area contributed by atoms with Crippen molar-refractivity contribution in [3.63, 3.8) is 0 Å². The second-order valence-electron chi connectivity index (χ2n) is 6.15. The molecule has 0 bridgehead atoms. The minimum absolute atomic E-state index is 0.477. The molecular formula is C20H20N6O. The number of aromatic nitrogens is 5. The van der Waals surface area contributed by atoms with Crippen molar-refractivity contribution < 1.29 is 5.11 Å². The molecule has 7 heteroatoms. The number of rotatable bonds is 6. The number of aryl methyl sites for hydroxylation is 1. The van der Waals surface area contributed by atoms with E-state index < -0.39 is 6.10 Å². The highest BCUT2D eigenvalue weighted by Crippen LogP contribution is 2.29. The highest BCUT2D eigenvalue weighted by atomic mass is 16.3. The number of hydrogen-bond acceptors (Lipinski definition) is 5. The van der Waals surface area contributed by atoms with E-state index in [0.717, 1.165) is 40.1 Å². The fourth-order valence-corrected chi connectivity index (χ4v) is 2.95. The van der Waals surface area contributed by atoms with Crippen LogP contribution in [0.3, 0.4) is 0 Å². The van der Waals surface area contributed by atoms with Gasteiger partial charge in [-0.3, -0.25) is 4.68 Å². The number of H-pyrrole nitrogens is 1. The van der Waals surface area contributed by atoms with Crippen LogP contribution in [0.25, 0.3) is 22.3 Å². The van der Waals surface area contributed by atoms with E-state index in [4.69, 9.17) is 4.98 Å². The second kappa shape index (κ2) is 7.05. The zero-order valence-electron chi connectivity index (χ0n) is 14.9. The van der Waals surface area contributed by atoms with Gasteiger partial charge in [0, 0.05) is 29.9 Å². The zero-order chi connectivity index (χ0) is 18.8. The van der Waals surface area contributed by atoms with Crippen molar-refractivity contribution in [3.8, 4) is 11.3 Å². The Morgan fingerprint density at radius 3 is 3.00 bits per heavy atom. The van der Waals surface area contributed by atoms with Crippen LogP contribution in [-0.4, -0.2) is 29.8 Å². The molecule has 3 N–H and O–H groups in total. The molecule has 0 amide bonds. The largest absolute Gasteiger partial charge is 0.384 e. The molecule has 0 radical (unpaired) electrons. The van der Waals surface area contributed by atoms with E-state index in [1.165, 1.54) is 6.08 Å². The number of aromatic amines is 1. The Labute approximate surface area is 156 Å². The number of aliphatic hydroxyl groups is 1. The maximum atomic E-state index is 10.1. The first-order valence-electron chi connectivity index (χ1n) is 8.73. The zero-order valence-corrected chi connectivity index (χ0v) is 14.9. The molecule has 136 valence electrons. The molecule has 0 fully saturated rings. The maximum absolute atomic E-state index is 10.1. The Kier molecular flexibility index (Phi) is 4.43. The fraction of sp³-hybridized carbons (Fsp3) is 0.150. The third-order valence-corrected chi connectivity index (χ3v) is 4.35. The van der Waals surface area contributed by atoms with Crippen molar-refractivity contribution in [1.29, 1.82) is 0 Å². The Morgan fingerprint density at radius 2 is 2.22 bits per heavy atom. The summed E-state index contributed by atoms with van der Waals surface area (Å²) >= 11 is 0. The minimum atomic E-state index is -0.717. The predicted molar refractivity (Wildman–Crippen MR) is 106 cm³/mol. The molecule has 3 heterocycles. The molecule has 0 aliphatic rings. The van der Waals surface area contributed by atoms with E-state index in [1.807, 2.05) is 54.3 Å². The highest BCUT2D eigenvalue weighted by Gasteiger charge is 2.13. The Balaban J connectivity index is 1.78. The van der Waals surface area contributed by atoms with Gasteiger partial charge in [-0.2, -0.15) is 10.1 Å². The minimum Gasteiger partial charge on any atom is -0.384 e. The first-order chi connectivity index (χ1) is 13.2. The lowest BCUT2D eigenvalue weighted by Crippen LogP contribution is -2.00. The molecule has 7 nitrogen and oxygen atoms in total. The normalized spacial score (nSPS) is 12.2. The van der Waals surface area contributed by atoms with Crippen molar-refractivity contribution in [2.45, 2.75) is 19.6 Å². The van der Waals surface area contributed by atoms with Gasteiger partial charge >= 0.3 is 0 Å². The van der Waals surface area contributed by atoms with Gasteiger partial charge in [-0.1, -0.05) is 24.3 Å². The second-order valence-corrected chi connectivity index (χ2v) is 6.15. The van der Waals surface area contributed by atoms with Crippen LogP contribution >= 0.6 is 0 Å². The standard InChI is InChI=1S/C20H20N6O/c1-3-17(27)13-6-5-7-14(10-13)18-16-8-9-21-19(16)25-20(24-18)23-15-11-22-26(4-2)12-15/h3,5-12,17,27H,1,4H2,2H3,(H2,21,23,24,25). The van der Waals surface area contributed by atoms with E-state index in [1.54, 1.807) is 6.20 Å². The van der Waals surface area contributed by atoms with Crippen LogP contribution < -0.4 is 5.32 Å². The number of fused-ring (bicyclic) bond motifs is 1. The summed E-state index contributed by atoms with van der Waals surface area (Å²) in [6.07, 6.45) is 6.27. The van der Waals surface area contributed by atoms with Crippen LogP contribution in [0.1, 0.15) is 18.6 Å². The quantitative estimate of drug-likeness (QED) is 0.455. The third kappa shape index (κ3) is 3.32. The van der Waals surface area contributed by atoms with Crippen molar-refractivity contribution in [3.05, 3.63) is 67.1 Å². The van der Waals surface area contributed by atoms with Crippen molar-refractivity contribution in [2.24, 2.45) is 0 Å². The first kappa shape index (κ1) is 17.0. The van der Waals surface area contributed by atoms with Gasteiger partial charge in [-0.15, -0.1) is 6.58 Å². The summed E-state index contributed by atoms with van der Waals surface area (Å²) in [5, 5.41) is 18.4. The molecule has 4 rings (SSSR count). The number of aliphatic hydroxyl groups excluding tert-OH is 1. The fourth-order valence-electron chi connectivity index (χ4n) is 2.95. The molecule has 0 saturated carbocycles. The molecule has 0 aliphatic carbocycles. The van der Waals surface area contributed by atoms with Crippen molar-refractivity contribution in [2.75, 3.05) is 5.32 Å². The average molecular weight is 360 g/mol. The van der Waals surface area contributed by atoms with E-state index >= 15 is 0 Å². The van der Waals surface area contributed by atoms with E-state index in [-0.39, 0.29) is 0 Å². The van der Waals surface area contributed by atoms with Gasteiger partial charge in [-0.25, -0.2) is 4.98 Å². The molecule has 0 saturated heterocycles. The Bertz CT molecular complexity index is 1100. The summed E-state index contributed by atoms with van der Waals surface area (Å²) in [5.41, 5.74) is 4.01. The maximum Gasteiger partial charge on any atom is 0.229 e. The molecule has 27 heavy (non-hydrogen) atoms. The van der Waals surface area contributed by atoms with Crippen LogP contribution in [0.15, 0.2) is 61.6 Å². The summed E-state index contributed by atoms with van der Waals surface area (Å²) in [6, 6.07) is 9.59. The molecule has 1 unspecified atom stereocenters. The molecule has 4 aromatic rings. The number of hydrogen-bond donors (Lipinski definition) is 3. The lowest BCUT2D eigenvalue weighted by atomic mass is 10.0. The topological polar surface area (TPSA) is 91.7 Å². The third-order valence-electron chi connectivity index (χ3n) is 4.35. The average Bonchev–Trinajstić information content (AvgIpc) is 3.36.